The summed E-state index contributed by atoms with van der Waals surface area (Å²) in [6.45, 7) is 0.817. The number of fused-ring (bicyclic) bond motifs is 2. The Hall–Kier alpha value is -2.49. The molecule has 0 aliphatic carbocycles. The van der Waals surface area contributed by atoms with E-state index in [1.807, 2.05) is 6.21 Å². The Bertz CT molecular complexity index is 688. The molecule has 86 valence electrons. The molecule has 4 rings (SSSR count). The van der Waals surface area contributed by atoms with Gasteiger partial charge in [0.05, 0.1) is 11.9 Å². The molecule has 0 unspecified atom stereocenters. The highest BCUT2D eigenvalue weighted by molar-refractivity contribution is 5.98. The molecule has 0 fully saturated rings. The maximum atomic E-state index is 4.48. The fourth-order valence-electron chi connectivity index (χ4n) is 2.45. The van der Waals surface area contributed by atoms with Gasteiger partial charge in [0.1, 0.15) is 12.0 Å². The minimum Gasteiger partial charge on any atom is -0.319 e. The lowest BCUT2D eigenvalue weighted by atomic mass is 10.0. The van der Waals surface area contributed by atoms with E-state index in [1.54, 1.807) is 12.5 Å². The van der Waals surface area contributed by atoms with Crippen molar-refractivity contribution in [3.63, 3.8) is 0 Å². The second kappa shape index (κ2) is 3.50. The lowest BCUT2D eigenvalue weighted by molar-refractivity contribution is 1.02. The Balaban J connectivity index is 2.06. The van der Waals surface area contributed by atoms with E-state index < -0.39 is 0 Å². The van der Waals surface area contributed by atoms with Crippen molar-refractivity contribution in [1.82, 2.24) is 9.97 Å². The van der Waals surface area contributed by atoms with E-state index in [0.717, 1.165) is 23.6 Å². The van der Waals surface area contributed by atoms with E-state index in [2.05, 4.69) is 50.2 Å². The van der Waals surface area contributed by atoms with Crippen molar-refractivity contribution in [2.24, 2.45) is 4.99 Å². The summed E-state index contributed by atoms with van der Waals surface area (Å²) >= 11 is 0. The van der Waals surface area contributed by atoms with Crippen molar-refractivity contribution < 1.29 is 0 Å². The molecule has 0 bridgehead atoms. The molecule has 2 aliphatic heterocycles. The third-order valence-corrected chi connectivity index (χ3v) is 3.22. The summed E-state index contributed by atoms with van der Waals surface area (Å²) < 4.78 is 0. The fourth-order valence-corrected chi connectivity index (χ4v) is 2.45. The van der Waals surface area contributed by atoms with Crippen LogP contribution in [0, 0.1) is 0 Å². The molecule has 3 heterocycles. The van der Waals surface area contributed by atoms with Gasteiger partial charge in [-0.15, -0.1) is 0 Å². The van der Waals surface area contributed by atoms with Gasteiger partial charge in [-0.3, -0.25) is 4.99 Å². The largest absolute Gasteiger partial charge is 0.319 e. The third-order valence-electron chi connectivity index (χ3n) is 3.22. The zero-order valence-corrected chi connectivity index (χ0v) is 9.61. The Labute approximate surface area is 104 Å². The predicted molar refractivity (Wildman–Crippen MR) is 71.8 cm³/mol. The van der Waals surface area contributed by atoms with Crippen LogP contribution in [0.1, 0.15) is 11.1 Å². The number of para-hydroxylation sites is 1. The molecule has 4 heteroatoms. The average Bonchev–Trinajstić information content (AvgIpc) is 2.60. The Morgan fingerprint density at radius 1 is 1.17 bits per heavy atom. The van der Waals surface area contributed by atoms with Gasteiger partial charge in [0.15, 0.2) is 5.82 Å². The first-order chi connectivity index (χ1) is 8.93. The molecule has 0 saturated carbocycles. The predicted octanol–water partition coefficient (Wildman–Crippen LogP) is 2.71. The summed E-state index contributed by atoms with van der Waals surface area (Å²) in [5.74, 6) is 0.872. The van der Waals surface area contributed by atoms with Crippen molar-refractivity contribution in [2.45, 2.75) is 0 Å². The van der Waals surface area contributed by atoms with Gasteiger partial charge in [-0.25, -0.2) is 9.97 Å². The average molecular weight is 234 g/mol. The number of aliphatic imine (C=N–C) groups is 1. The van der Waals surface area contributed by atoms with Gasteiger partial charge in [0, 0.05) is 18.3 Å². The number of anilines is 2. The normalized spacial score (nSPS) is 15.0. The molecule has 1 aromatic heterocycles. The number of nitrogens with zero attached hydrogens (tertiary/aromatic N) is 4. The van der Waals surface area contributed by atoms with Gasteiger partial charge >= 0.3 is 0 Å². The maximum Gasteiger partial charge on any atom is 0.162 e. The number of aromatic nitrogens is 2. The van der Waals surface area contributed by atoms with Gasteiger partial charge < -0.3 is 4.90 Å². The highest BCUT2D eigenvalue weighted by atomic mass is 15.2. The second-order valence-corrected chi connectivity index (χ2v) is 4.29. The first kappa shape index (κ1) is 9.53. The van der Waals surface area contributed by atoms with Gasteiger partial charge in [-0.2, -0.15) is 0 Å². The van der Waals surface area contributed by atoms with Crippen LogP contribution in [0.15, 0.2) is 41.8 Å². The highest BCUT2D eigenvalue weighted by Crippen LogP contribution is 2.39. The van der Waals surface area contributed by atoms with E-state index in [4.69, 9.17) is 0 Å². The van der Waals surface area contributed by atoms with Crippen LogP contribution in [0.5, 0.6) is 0 Å². The van der Waals surface area contributed by atoms with Gasteiger partial charge in [-0.05, 0) is 5.56 Å². The van der Waals surface area contributed by atoms with Crippen LogP contribution >= 0.6 is 0 Å². The zero-order valence-electron chi connectivity index (χ0n) is 9.61. The van der Waals surface area contributed by atoms with Crippen molar-refractivity contribution >= 4 is 29.5 Å². The summed E-state index contributed by atoms with van der Waals surface area (Å²) in [7, 11) is 0. The third kappa shape index (κ3) is 1.23. The molecule has 0 radical (unpaired) electrons. The quantitative estimate of drug-likeness (QED) is 0.703. The molecule has 2 aromatic rings. The van der Waals surface area contributed by atoms with Crippen LogP contribution in [0.3, 0.4) is 0 Å². The molecule has 1 aromatic carbocycles. The molecule has 4 nitrogen and oxygen atoms in total. The Kier molecular flexibility index (Phi) is 1.85. The van der Waals surface area contributed by atoms with Crippen molar-refractivity contribution in [2.75, 3.05) is 11.4 Å². The van der Waals surface area contributed by atoms with E-state index in [9.17, 15) is 0 Å². The lowest BCUT2D eigenvalue weighted by Gasteiger charge is -2.27. The minimum absolute atomic E-state index is 0.815. The van der Waals surface area contributed by atoms with Crippen molar-refractivity contribution in [3.8, 4) is 0 Å². The highest BCUT2D eigenvalue weighted by Gasteiger charge is 2.23. The van der Waals surface area contributed by atoms with Crippen LogP contribution in [0.25, 0.3) is 6.08 Å². The first-order valence-electron chi connectivity index (χ1n) is 5.85. The van der Waals surface area contributed by atoms with Crippen molar-refractivity contribution in [3.05, 3.63) is 47.9 Å². The standard InChI is InChI=1S/C14H10N4/c1-3-10-5-2-6-18-13(10)11(4-1)7-16-12-8-15-9-17-14(12)18/h1-5,7-9H,6H2. The monoisotopic (exact) mass is 234 g/mol. The molecule has 18 heavy (non-hydrogen) atoms. The topological polar surface area (TPSA) is 41.4 Å². The molecule has 2 aliphatic rings. The number of benzene rings is 1. The molecule has 0 saturated heterocycles. The van der Waals surface area contributed by atoms with Gasteiger partial charge in [0.25, 0.3) is 0 Å². The Morgan fingerprint density at radius 2 is 2.11 bits per heavy atom. The molecule has 0 amide bonds. The van der Waals surface area contributed by atoms with Crippen LogP contribution in [-0.2, 0) is 0 Å². The number of hydrogen-bond donors (Lipinski definition) is 0. The summed E-state index contributed by atoms with van der Waals surface area (Å²) in [6.07, 6.45) is 9.50. The molecular weight excluding hydrogens is 224 g/mol. The number of hydrogen-bond acceptors (Lipinski definition) is 4. The number of rotatable bonds is 0. The van der Waals surface area contributed by atoms with Gasteiger partial charge in [0.2, 0.25) is 0 Å². The molecular formula is C14H10N4. The maximum absolute atomic E-state index is 4.48. The van der Waals surface area contributed by atoms with Crippen LogP contribution in [-0.4, -0.2) is 22.7 Å². The van der Waals surface area contributed by atoms with Crippen LogP contribution < -0.4 is 4.90 Å². The van der Waals surface area contributed by atoms with E-state index in [1.165, 1.54) is 11.3 Å². The first-order valence-corrected chi connectivity index (χ1v) is 5.85. The van der Waals surface area contributed by atoms with Crippen LogP contribution in [0.2, 0.25) is 0 Å². The lowest BCUT2D eigenvalue weighted by Crippen LogP contribution is -2.22. The fraction of sp³-hybridized carbons (Fsp3) is 0.0714. The summed E-state index contributed by atoms with van der Waals surface area (Å²) in [5, 5.41) is 0. The van der Waals surface area contributed by atoms with Crippen LogP contribution in [0.4, 0.5) is 17.2 Å². The van der Waals surface area contributed by atoms with Gasteiger partial charge in [-0.1, -0.05) is 30.4 Å². The van der Waals surface area contributed by atoms with E-state index >= 15 is 0 Å². The summed E-state index contributed by atoms with van der Waals surface area (Å²) in [4.78, 5) is 15.1. The van der Waals surface area contributed by atoms with E-state index in [-0.39, 0.29) is 0 Å². The summed E-state index contributed by atoms with van der Waals surface area (Å²) in [6, 6.07) is 6.24. The zero-order chi connectivity index (χ0) is 11.9. The minimum atomic E-state index is 0.815. The van der Waals surface area contributed by atoms with E-state index in [0.29, 0.717) is 0 Å². The molecule has 0 atom stereocenters. The summed E-state index contributed by atoms with van der Waals surface area (Å²) in [5.41, 5.74) is 4.32. The SMILES string of the molecule is C1=Cc2cccc3c2N(C1)c1ncncc1N=C3. The smallest absolute Gasteiger partial charge is 0.162 e. The molecule has 0 N–H and O–H groups in total. The Morgan fingerprint density at radius 3 is 3.11 bits per heavy atom. The molecule has 0 spiro atoms. The second-order valence-electron chi connectivity index (χ2n) is 4.29. The van der Waals surface area contributed by atoms with Crippen molar-refractivity contribution in [1.29, 1.82) is 0 Å².